The number of amides is 1. The van der Waals surface area contributed by atoms with Crippen molar-refractivity contribution in [3.8, 4) is 5.88 Å². The average Bonchev–Trinajstić information content (AvgIpc) is 3.20. The fourth-order valence-corrected chi connectivity index (χ4v) is 3.70. The van der Waals surface area contributed by atoms with Crippen LogP contribution in [-0.2, 0) is 4.84 Å². The molecule has 3 aromatic carbocycles. The predicted molar refractivity (Wildman–Crippen MR) is 137 cm³/mol. The number of halogens is 1. The molecule has 0 fully saturated rings. The second-order valence-corrected chi connectivity index (χ2v) is 8.49. The van der Waals surface area contributed by atoms with Crippen molar-refractivity contribution in [3.05, 3.63) is 94.8 Å². The highest BCUT2D eigenvalue weighted by Crippen LogP contribution is 2.32. The fourth-order valence-electron chi connectivity index (χ4n) is 3.70. The van der Waals surface area contributed by atoms with Crippen LogP contribution in [0.2, 0.25) is 0 Å². The number of nitrogens with one attached hydrogen (secondary N) is 2. The van der Waals surface area contributed by atoms with E-state index in [0.717, 1.165) is 6.07 Å². The molecule has 0 aliphatic carbocycles. The van der Waals surface area contributed by atoms with E-state index in [2.05, 4.69) is 15.5 Å². The molecule has 1 aromatic heterocycles. The Morgan fingerprint density at radius 3 is 2.49 bits per heavy atom. The number of carboxylic acids is 1. The van der Waals surface area contributed by atoms with Crippen LogP contribution in [0.4, 0.5) is 10.1 Å². The quantitative estimate of drug-likeness (QED) is 0.154. The summed E-state index contributed by atoms with van der Waals surface area (Å²) in [6.45, 7) is 0.822. The Morgan fingerprint density at radius 1 is 1.05 bits per heavy atom. The number of aromatic nitrogens is 1. The van der Waals surface area contributed by atoms with E-state index in [0.29, 0.717) is 34.3 Å². The first-order valence-electron chi connectivity index (χ1n) is 11.3. The lowest BCUT2D eigenvalue weighted by molar-refractivity contribution is 0.0260. The number of fused-ring (bicyclic) bond motifs is 1. The molecule has 9 nitrogen and oxygen atoms in total. The number of H-pyrrole nitrogens is 1. The van der Waals surface area contributed by atoms with Crippen molar-refractivity contribution in [3.63, 3.8) is 0 Å². The Hall–Kier alpha value is -4.54. The van der Waals surface area contributed by atoms with E-state index in [1.165, 1.54) is 24.3 Å². The van der Waals surface area contributed by atoms with Crippen molar-refractivity contribution < 1.29 is 29.0 Å². The highest BCUT2D eigenvalue weighted by Gasteiger charge is 2.20. The number of aromatic carboxylic acids is 1. The Labute approximate surface area is 211 Å². The molecule has 0 atom stereocenters. The van der Waals surface area contributed by atoms with Crippen molar-refractivity contribution in [1.82, 2.24) is 15.4 Å². The molecule has 37 heavy (non-hydrogen) atoms. The van der Waals surface area contributed by atoms with Crippen LogP contribution in [0.3, 0.4) is 0 Å². The number of aliphatic imine (C=N–C) groups is 1. The second-order valence-electron chi connectivity index (χ2n) is 8.49. The van der Waals surface area contributed by atoms with Crippen LogP contribution < -0.4 is 5.48 Å². The lowest BCUT2D eigenvalue weighted by atomic mass is 10.00. The van der Waals surface area contributed by atoms with Gasteiger partial charge >= 0.3 is 5.97 Å². The van der Waals surface area contributed by atoms with E-state index in [1.54, 1.807) is 30.3 Å². The summed E-state index contributed by atoms with van der Waals surface area (Å²) < 4.78 is 14.9. The maximum atomic E-state index is 14.9. The van der Waals surface area contributed by atoms with Crippen LogP contribution in [-0.4, -0.2) is 64.9 Å². The highest BCUT2D eigenvalue weighted by molar-refractivity contribution is 6.22. The van der Waals surface area contributed by atoms with E-state index in [1.807, 2.05) is 25.1 Å². The lowest BCUT2D eigenvalue weighted by Gasteiger charge is -2.11. The monoisotopic (exact) mass is 504 g/mol. The van der Waals surface area contributed by atoms with Crippen molar-refractivity contribution in [1.29, 1.82) is 0 Å². The molecule has 10 heteroatoms. The van der Waals surface area contributed by atoms with Gasteiger partial charge in [-0.05, 0) is 38.4 Å². The zero-order chi connectivity index (χ0) is 26.5. The summed E-state index contributed by atoms with van der Waals surface area (Å²) in [6, 6.07) is 17.3. The number of aromatic hydroxyl groups is 1. The van der Waals surface area contributed by atoms with Crippen LogP contribution in [0.25, 0.3) is 10.9 Å². The van der Waals surface area contributed by atoms with Gasteiger partial charge in [0.1, 0.15) is 5.82 Å². The van der Waals surface area contributed by atoms with Gasteiger partial charge in [0.25, 0.3) is 5.91 Å². The molecular formula is C27H25FN4O5. The molecule has 0 spiro atoms. The Kier molecular flexibility index (Phi) is 7.61. The van der Waals surface area contributed by atoms with E-state index in [4.69, 9.17) is 4.84 Å². The summed E-state index contributed by atoms with van der Waals surface area (Å²) in [5.41, 5.74) is 3.98. The van der Waals surface area contributed by atoms with Crippen LogP contribution in [0.1, 0.15) is 31.8 Å². The number of likely N-dealkylation sites (N-methyl/N-ethyl adjacent to an activating group) is 1. The number of hydroxylamine groups is 1. The number of hydrogen-bond acceptors (Lipinski definition) is 6. The number of nitrogens with zero attached hydrogens (tertiary/aromatic N) is 2. The number of hydrogen-bond donors (Lipinski definition) is 4. The zero-order valence-corrected chi connectivity index (χ0v) is 20.2. The zero-order valence-electron chi connectivity index (χ0n) is 20.2. The van der Waals surface area contributed by atoms with Gasteiger partial charge in [-0.2, -0.15) is 0 Å². The van der Waals surface area contributed by atoms with Crippen LogP contribution >= 0.6 is 0 Å². The SMILES string of the molecule is CN(C)CCONC(=O)c1ccc(N=C(c2ccccc2)c2c(O)[nH]c3cc(C(=O)O)ccc23)cc1F. The summed E-state index contributed by atoms with van der Waals surface area (Å²) >= 11 is 0. The summed E-state index contributed by atoms with van der Waals surface area (Å²) in [7, 11) is 3.72. The first-order valence-corrected chi connectivity index (χ1v) is 11.3. The smallest absolute Gasteiger partial charge is 0.335 e. The van der Waals surface area contributed by atoms with Crippen LogP contribution in [0.15, 0.2) is 71.7 Å². The molecule has 1 heterocycles. The first kappa shape index (κ1) is 25.5. The lowest BCUT2D eigenvalue weighted by Crippen LogP contribution is -2.28. The van der Waals surface area contributed by atoms with E-state index >= 15 is 0 Å². The summed E-state index contributed by atoms with van der Waals surface area (Å²) in [6.07, 6.45) is 0. The second kappa shape index (κ2) is 11.0. The third kappa shape index (κ3) is 5.83. The predicted octanol–water partition coefficient (Wildman–Crippen LogP) is 4.10. The Bertz CT molecular complexity index is 1480. The van der Waals surface area contributed by atoms with Gasteiger partial charge in [-0.25, -0.2) is 19.7 Å². The van der Waals surface area contributed by atoms with Crippen molar-refractivity contribution in [2.24, 2.45) is 4.99 Å². The molecule has 0 radical (unpaired) electrons. The number of benzene rings is 3. The third-order valence-corrected chi connectivity index (χ3v) is 5.55. The molecule has 0 aliphatic heterocycles. The van der Waals surface area contributed by atoms with E-state index in [9.17, 15) is 24.2 Å². The molecule has 4 N–H and O–H groups in total. The summed E-state index contributed by atoms with van der Waals surface area (Å²) in [5, 5.41) is 20.6. The Morgan fingerprint density at radius 2 is 1.81 bits per heavy atom. The third-order valence-electron chi connectivity index (χ3n) is 5.55. The average molecular weight is 505 g/mol. The number of carboxylic acid groups (broad SMARTS) is 1. The summed E-state index contributed by atoms with van der Waals surface area (Å²) in [4.78, 5) is 38.0. The van der Waals surface area contributed by atoms with Gasteiger partial charge in [0.15, 0.2) is 5.88 Å². The van der Waals surface area contributed by atoms with Crippen molar-refractivity contribution in [2.45, 2.75) is 0 Å². The summed E-state index contributed by atoms with van der Waals surface area (Å²) in [5.74, 6) is -2.83. The van der Waals surface area contributed by atoms with Gasteiger partial charge in [0.2, 0.25) is 0 Å². The molecule has 190 valence electrons. The molecule has 4 aromatic rings. The van der Waals surface area contributed by atoms with Gasteiger partial charge in [-0.15, -0.1) is 0 Å². The molecular weight excluding hydrogens is 479 g/mol. The minimum Gasteiger partial charge on any atom is -0.494 e. The topological polar surface area (TPSA) is 127 Å². The molecule has 0 aliphatic rings. The fraction of sp³-hybridized carbons (Fsp3) is 0.148. The molecule has 0 saturated carbocycles. The maximum absolute atomic E-state index is 14.9. The Balaban J connectivity index is 1.72. The van der Waals surface area contributed by atoms with E-state index in [-0.39, 0.29) is 29.3 Å². The van der Waals surface area contributed by atoms with Crippen LogP contribution in [0.5, 0.6) is 5.88 Å². The number of rotatable bonds is 9. The number of aromatic amines is 1. The minimum atomic E-state index is -1.10. The van der Waals surface area contributed by atoms with Gasteiger partial charge in [0, 0.05) is 29.1 Å². The van der Waals surface area contributed by atoms with Gasteiger partial charge in [0.05, 0.1) is 34.7 Å². The molecule has 0 saturated heterocycles. The van der Waals surface area contributed by atoms with E-state index < -0.39 is 17.7 Å². The first-order chi connectivity index (χ1) is 17.7. The largest absolute Gasteiger partial charge is 0.494 e. The molecule has 1 amide bonds. The van der Waals surface area contributed by atoms with Gasteiger partial charge in [-0.3, -0.25) is 9.63 Å². The minimum absolute atomic E-state index is 0.0557. The normalized spacial score (nSPS) is 11.7. The van der Waals surface area contributed by atoms with Crippen molar-refractivity contribution in [2.75, 3.05) is 27.2 Å². The van der Waals surface area contributed by atoms with Gasteiger partial charge < -0.3 is 20.1 Å². The molecule has 4 rings (SSSR count). The highest BCUT2D eigenvalue weighted by atomic mass is 19.1. The standard InChI is InChI=1S/C27H25FN4O5/c1-32(2)12-13-37-31-25(33)19-11-9-18(15-21(19)28)29-24(16-6-4-3-5-7-16)23-20-10-8-17(27(35)36)14-22(20)30-26(23)34/h3-11,14-15,30,34H,12-13H2,1-2H3,(H,31,33)(H,35,36). The number of carbonyl (C=O) groups is 2. The van der Waals surface area contributed by atoms with Crippen LogP contribution in [0, 0.1) is 5.82 Å². The number of carbonyl (C=O) groups excluding carboxylic acids is 1. The van der Waals surface area contributed by atoms with Crippen molar-refractivity contribution >= 4 is 34.2 Å². The molecule has 0 unspecified atom stereocenters. The van der Waals surface area contributed by atoms with Gasteiger partial charge in [-0.1, -0.05) is 36.4 Å². The maximum Gasteiger partial charge on any atom is 0.335 e. The molecule has 0 bridgehead atoms.